The van der Waals surface area contributed by atoms with Crippen LogP contribution in [0, 0.1) is 0 Å². The molecule has 0 amide bonds. The lowest BCUT2D eigenvalue weighted by Crippen LogP contribution is -1.66. The molecule has 74 valence electrons. The molecule has 0 aliphatic carbocycles. The summed E-state index contributed by atoms with van der Waals surface area (Å²) in [6.45, 7) is 0. The predicted octanol–water partition coefficient (Wildman–Crippen LogP) is 3.66. The Kier molecular flexibility index (Phi) is 1.93. The molecule has 3 aromatic heterocycles. The molecule has 0 N–H and O–H groups in total. The van der Waals surface area contributed by atoms with Gasteiger partial charge in [0.2, 0.25) is 5.76 Å². The lowest BCUT2D eigenvalue weighted by molar-refractivity contribution is 0.420. The standard InChI is InChI=1S/C11H7NO2S/c1-3-9(13-5-1)10-7-8(12-14-10)11-4-2-6-15-11/h1-7H. The van der Waals surface area contributed by atoms with Crippen LogP contribution in [0.3, 0.4) is 0 Å². The van der Waals surface area contributed by atoms with Gasteiger partial charge in [0, 0.05) is 6.07 Å². The Labute approximate surface area is 89.9 Å². The maximum absolute atomic E-state index is 5.22. The number of nitrogens with zero attached hydrogens (tertiary/aromatic N) is 1. The van der Waals surface area contributed by atoms with Crippen molar-refractivity contribution >= 4 is 11.3 Å². The molecule has 3 nitrogen and oxygen atoms in total. The van der Waals surface area contributed by atoms with Crippen molar-refractivity contribution in [3.63, 3.8) is 0 Å². The molecule has 0 saturated heterocycles. The van der Waals surface area contributed by atoms with E-state index in [1.807, 2.05) is 35.7 Å². The van der Waals surface area contributed by atoms with Gasteiger partial charge in [0.15, 0.2) is 5.76 Å². The van der Waals surface area contributed by atoms with E-state index in [0.29, 0.717) is 11.5 Å². The van der Waals surface area contributed by atoms with Crippen molar-refractivity contribution in [1.29, 1.82) is 0 Å². The molecule has 0 fully saturated rings. The summed E-state index contributed by atoms with van der Waals surface area (Å²) >= 11 is 1.63. The minimum absolute atomic E-state index is 0.656. The van der Waals surface area contributed by atoms with E-state index in [9.17, 15) is 0 Å². The summed E-state index contributed by atoms with van der Waals surface area (Å²) in [5, 5.41) is 6.00. The first-order chi connectivity index (χ1) is 7.43. The van der Waals surface area contributed by atoms with Crippen LogP contribution in [0.2, 0.25) is 0 Å². The van der Waals surface area contributed by atoms with E-state index in [4.69, 9.17) is 8.94 Å². The SMILES string of the molecule is c1coc(-c2cc(-c3cccs3)no2)c1. The summed E-state index contributed by atoms with van der Waals surface area (Å²) in [5.41, 5.74) is 0.844. The molecule has 0 bridgehead atoms. The second kappa shape index (κ2) is 3.40. The third kappa shape index (κ3) is 1.49. The Morgan fingerprint density at radius 3 is 2.87 bits per heavy atom. The normalized spacial score (nSPS) is 10.7. The molecule has 0 saturated carbocycles. The first kappa shape index (κ1) is 8.49. The molecule has 0 radical (unpaired) electrons. The van der Waals surface area contributed by atoms with Gasteiger partial charge in [-0.1, -0.05) is 11.2 Å². The van der Waals surface area contributed by atoms with Gasteiger partial charge in [0.05, 0.1) is 11.1 Å². The van der Waals surface area contributed by atoms with Gasteiger partial charge in [-0.25, -0.2) is 0 Å². The highest BCUT2D eigenvalue weighted by atomic mass is 32.1. The summed E-state index contributed by atoms with van der Waals surface area (Å²) in [6.07, 6.45) is 1.61. The number of aromatic nitrogens is 1. The molecule has 0 spiro atoms. The maximum Gasteiger partial charge on any atom is 0.202 e. The topological polar surface area (TPSA) is 39.2 Å². The predicted molar refractivity (Wildman–Crippen MR) is 57.5 cm³/mol. The summed E-state index contributed by atoms with van der Waals surface area (Å²) in [5.74, 6) is 1.36. The molecule has 0 unspecified atom stereocenters. The fourth-order valence-electron chi connectivity index (χ4n) is 1.35. The highest BCUT2D eigenvalue weighted by Gasteiger charge is 2.10. The number of hydrogen-bond acceptors (Lipinski definition) is 4. The van der Waals surface area contributed by atoms with Crippen molar-refractivity contribution in [3.8, 4) is 22.1 Å². The highest BCUT2D eigenvalue weighted by molar-refractivity contribution is 7.13. The van der Waals surface area contributed by atoms with Crippen molar-refractivity contribution in [2.45, 2.75) is 0 Å². The molecule has 0 aromatic carbocycles. The van der Waals surface area contributed by atoms with Gasteiger partial charge in [-0.05, 0) is 23.6 Å². The van der Waals surface area contributed by atoms with Crippen molar-refractivity contribution < 1.29 is 8.94 Å². The van der Waals surface area contributed by atoms with Gasteiger partial charge in [0.25, 0.3) is 0 Å². The Bertz CT molecular complexity index is 488. The molecule has 0 aliphatic heterocycles. The van der Waals surface area contributed by atoms with Gasteiger partial charge in [-0.2, -0.15) is 0 Å². The average Bonchev–Trinajstić information content (AvgIpc) is 3.02. The summed E-state index contributed by atoms with van der Waals surface area (Å²) in [7, 11) is 0. The van der Waals surface area contributed by atoms with Gasteiger partial charge >= 0.3 is 0 Å². The molecular formula is C11H7NO2S. The summed E-state index contributed by atoms with van der Waals surface area (Å²) in [4.78, 5) is 1.09. The van der Waals surface area contributed by atoms with E-state index in [1.54, 1.807) is 17.6 Å². The summed E-state index contributed by atoms with van der Waals surface area (Å²) < 4.78 is 10.4. The van der Waals surface area contributed by atoms with Crippen LogP contribution in [-0.2, 0) is 0 Å². The van der Waals surface area contributed by atoms with Crippen molar-refractivity contribution in [1.82, 2.24) is 5.16 Å². The van der Waals surface area contributed by atoms with E-state index >= 15 is 0 Å². The minimum Gasteiger partial charge on any atom is -0.461 e. The second-order valence-corrected chi connectivity index (χ2v) is 3.98. The van der Waals surface area contributed by atoms with Crippen LogP contribution >= 0.6 is 11.3 Å². The number of furan rings is 1. The zero-order chi connectivity index (χ0) is 10.1. The molecule has 3 rings (SSSR count). The molecule has 3 heterocycles. The smallest absolute Gasteiger partial charge is 0.202 e. The van der Waals surface area contributed by atoms with Gasteiger partial charge in [0.1, 0.15) is 5.69 Å². The van der Waals surface area contributed by atoms with E-state index in [1.165, 1.54) is 0 Å². The monoisotopic (exact) mass is 217 g/mol. The van der Waals surface area contributed by atoms with Crippen LogP contribution in [0.1, 0.15) is 0 Å². The summed E-state index contributed by atoms with van der Waals surface area (Å²) in [6, 6.07) is 9.54. The highest BCUT2D eigenvalue weighted by Crippen LogP contribution is 2.28. The van der Waals surface area contributed by atoms with Crippen LogP contribution in [0.15, 0.2) is 50.9 Å². The van der Waals surface area contributed by atoms with Gasteiger partial charge < -0.3 is 8.94 Å². The van der Waals surface area contributed by atoms with Crippen LogP contribution in [0.5, 0.6) is 0 Å². The van der Waals surface area contributed by atoms with Crippen LogP contribution in [-0.4, -0.2) is 5.16 Å². The Morgan fingerprint density at radius 2 is 2.13 bits per heavy atom. The number of thiophene rings is 1. The Morgan fingerprint density at radius 1 is 1.13 bits per heavy atom. The molecule has 0 aliphatic rings. The van der Waals surface area contributed by atoms with E-state index < -0.39 is 0 Å². The quantitative estimate of drug-likeness (QED) is 0.657. The fraction of sp³-hybridized carbons (Fsp3) is 0. The molecular weight excluding hydrogens is 210 g/mol. The van der Waals surface area contributed by atoms with Crippen LogP contribution in [0.4, 0.5) is 0 Å². The van der Waals surface area contributed by atoms with Gasteiger partial charge in [-0.3, -0.25) is 0 Å². The molecule has 3 aromatic rings. The van der Waals surface area contributed by atoms with Crippen LogP contribution < -0.4 is 0 Å². The first-order valence-corrected chi connectivity index (χ1v) is 5.36. The van der Waals surface area contributed by atoms with Gasteiger partial charge in [-0.15, -0.1) is 11.3 Å². The number of hydrogen-bond donors (Lipinski definition) is 0. The zero-order valence-corrected chi connectivity index (χ0v) is 8.53. The largest absolute Gasteiger partial charge is 0.461 e. The fourth-order valence-corrected chi connectivity index (χ4v) is 2.03. The zero-order valence-electron chi connectivity index (χ0n) is 7.71. The van der Waals surface area contributed by atoms with E-state index in [2.05, 4.69) is 5.16 Å². The second-order valence-electron chi connectivity index (χ2n) is 3.03. The van der Waals surface area contributed by atoms with Crippen molar-refractivity contribution in [3.05, 3.63) is 42.0 Å². The van der Waals surface area contributed by atoms with Crippen LogP contribution in [0.25, 0.3) is 22.1 Å². The lowest BCUT2D eigenvalue weighted by atomic mass is 10.3. The first-order valence-electron chi connectivity index (χ1n) is 4.48. The Balaban J connectivity index is 2.02. The molecule has 0 atom stereocenters. The number of rotatable bonds is 2. The van der Waals surface area contributed by atoms with Crippen molar-refractivity contribution in [2.75, 3.05) is 0 Å². The molecule has 15 heavy (non-hydrogen) atoms. The van der Waals surface area contributed by atoms with E-state index in [-0.39, 0.29) is 0 Å². The van der Waals surface area contributed by atoms with E-state index in [0.717, 1.165) is 10.6 Å². The third-order valence-electron chi connectivity index (χ3n) is 2.05. The maximum atomic E-state index is 5.22. The minimum atomic E-state index is 0.656. The third-order valence-corrected chi connectivity index (χ3v) is 2.94. The Hall–Kier alpha value is -1.81. The molecule has 4 heteroatoms. The average molecular weight is 217 g/mol. The van der Waals surface area contributed by atoms with Crippen molar-refractivity contribution in [2.24, 2.45) is 0 Å². The lowest BCUT2D eigenvalue weighted by Gasteiger charge is -1.84.